The quantitative estimate of drug-likeness (QED) is 0.786. The van der Waals surface area contributed by atoms with Crippen molar-refractivity contribution < 1.29 is 14.3 Å². The lowest BCUT2D eigenvalue weighted by atomic mass is 9.97. The molecule has 110 valence electrons. The summed E-state index contributed by atoms with van der Waals surface area (Å²) < 4.78 is 10.1. The molecule has 1 aromatic rings. The first-order valence-electron chi connectivity index (χ1n) is 6.94. The number of carbonyl (C=O) groups excluding carboxylic acids is 1. The van der Waals surface area contributed by atoms with E-state index in [2.05, 4.69) is 9.88 Å². The van der Waals surface area contributed by atoms with E-state index in [0.717, 1.165) is 49.6 Å². The molecule has 2 heterocycles. The van der Waals surface area contributed by atoms with Gasteiger partial charge in [-0.3, -0.25) is 14.7 Å². The van der Waals surface area contributed by atoms with Crippen molar-refractivity contribution in [2.75, 3.05) is 27.3 Å². The average molecular weight is 278 g/mol. The summed E-state index contributed by atoms with van der Waals surface area (Å²) >= 11 is 0. The molecule has 1 fully saturated rings. The third-order valence-corrected chi connectivity index (χ3v) is 3.72. The molecule has 0 N–H and O–H groups in total. The smallest absolute Gasteiger partial charge is 0.308 e. The van der Waals surface area contributed by atoms with Gasteiger partial charge in [-0.05, 0) is 32.9 Å². The molecule has 0 unspecified atom stereocenters. The number of hydrogen-bond donors (Lipinski definition) is 0. The Morgan fingerprint density at radius 3 is 2.65 bits per heavy atom. The van der Waals surface area contributed by atoms with Crippen LogP contribution in [0.4, 0.5) is 0 Å². The van der Waals surface area contributed by atoms with Crippen LogP contribution in [-0.4, -0.2) is 43.2 Å². The Labute approximate surface area is 119 Å². The van der Waals surface area contributed by atoms with Crippen molar-refractivity contribution in [3.05, 3.63) is 23.5 Å². The van der Waals surface area contributed by atoms with Gasteiger partial charge in [-0.2, -0.15) is 0 Å². The van der Waals surface area contributed by atoms with Crippen LogP contribution in [0.2, 0.25) is 0 Å². The maximum absolute atomic E-state index is 11.5. The molecule has 0 amide bonds. The molecule has 0 bridgehead atoms. The van der Waals surface area contributed by atoms with Crippen molar-refractivity contribution in [2.45, 2.75) is 26.3 Å². The Balaban J connectivity index is 1.92. The maximum Gasteiger partial charge on any atom is 0.308 e. The van der Waals surface area contributed by atoms with Crippen LogP contribution in [0.15, 0.2) is 12.1 Å². The van der Waals surface area contributed by atoms with Gasteiger partial charge in [-0.1, -0.05) is 0 Å². The summed E-state index contributed by atoms with van der Waals surface area (Å²) in [6.07, 6.45) is 1.71. The fourth-order valence-corrected chi connectivity index (χ4v) is 2.62. The number of pyridine rings is 1. The summed E-state index contributed by atoms with van der Waals surface area (Å²) in [6, 6.07) is 3.90. The van der Waals surface area contributed by atoms with Crippen LogP contribution < -0.4 is 4.74 Å². The number of nitrogens with zero attached hydrogens (tertiary/aromatic N) is 2. The number of esters is 1. The molecule has 0 aliphatic carbocycles. The van der Waals surface area contributed by atoms with Crippen LogP contribution in [0.25, 0.3) is 0 Å². The van der Waals surface area contributed by atoms with E-state index in [1.54, 1.807) is 7.11 Å². The van der Waals surface area contributed by atoms with Gasteiger partial charge in [0.25, 0.3) is 0 Å². The zero-order chi connectivity index (χ0) is 14.5. The van der Waals surface area contributed by atoms with Gasteiger partial charge >= 0.3 is 5.97 Å². The van der Waals surface area contributed by atoms with Crippen LogP contribution in [0.5, 0.6) is 5.75 Å². The summed E-state index contributed by atoms with van der Waals surface area (Å²) in [5.41, 5.74) is 1.97. The maximum atomic E-state index is 11.5. The van der Waals surface area contributed by atoms with Crippen molar-refractivity contribution >= 4 is 5.97 Å². The largest absolute Gasteiger partial charge is 0.497 e. The Kier molecular flexibility index (Phi) is 4.95. The number of piperidine rings is 1. The predicted molar refractivity (Wildman–Crippen MR) is 75.5 cm³/mol. The average Bonchev–Trinajstić information content (AvgIpc) is 2.46. The highest BCUT2D eigenvalue weighted by molar-refractivity contribution is 5.72. The Bertz CT molecular complexity index is 468. The van der Waals surface area contributed by atoms with Gasteiger partial charge < -0.3 is 9.47 Å². The van der Waals surface area contributed by atoms with Gasteiger partial charge in [0.2, 0.25) is 0 Å². The van der Waals surface area contributed by atoms with Crippen LogP contribution in [-0.2, 0) is 16.1 Å². The molecular formula is C15H22N2O3. The minimum Gasteiger partial charge on any atom is -0.497 e. The highest BCUT2D eigenvalue weighted by Crippen LogP contribution is 2.21. The normalized spacial score (nSPS) is 16.9. The van der Waals surface area contributed by atoms with Crippen molar-refractivity contribution in [2.24, 2.45) is 5.92 Å². The Hall–Kier alpha value is -1.62. The lowest BCUT2D eigenvalue weighted by molar-refractivity contribution is -0.147. The van der Waals surface area contributed by atoms with Crippen molar-refractivity contribution in [1.82, 2.24) is 9.88 Å². The first-order chi connectivity index (χ1) is 9.62. The van der Waals surface area contributed by atoms with Crippen molar-refractivity contribution in [3.8, 4) is 5.75 Å². The predicted octanol–water partition coefficient (Wildman–Crippen LogP) is 1.78. The summed E-state index contributed by atoms with van der Waals surface area (Å²) in [5, 5.41) is 0. The molecular weight excluding hydrogens is 256 g/mol. The van der Waals surface area contributed by atoms with Gasteiger partial charge in [0, 0.05) is 24.4 Å². The first-order valence-corrected chi connectivity index (χ1v) is 6.94. The summed E-state index contributed by atoms with van der Waals surface area (Å²) in [6.45, 7) is 4.57. The summed E-state index contributed by atoms with van der Waals surface area (Å²) in [7, 11) is 3.12. The molecule has 5 heteroatoms. The van der Waals surface area contributed by atoms with E-state index in [9.17, 15) is 4.79 Å². The molecule has 0 atom stereocenters. The number of aryl methyl sites for hydroxylation is 1. The molecule has 1 aliphatic rings. The lowest BCUT2D eigenvalue weighted by Crippen LogP contribution is -2.36. The fourth-order valence-electron chi connectivity index (χ4n) is 2.62. The van der Waals surface area contributed by atoms with Gasteiger partial charge in [0.15, 0.2) is 0 Å². The summed E-state index contributed by atoms with van der Waals surface area (Å²) in [4.78, 5) is 18.3. The van der Waals surface area contributed by atoms with Gasteiger partial charge in [0.1, 0.15) is 5.75 Å². The second kappa shape index (κ2) is 6.70. The van der Waals surface area contributed by atoms with Gasteiger partial charge in [-0.15, -0.1) is 0 Å². The second-order valence-corrected chi connectivity index (χ2v) is 5.21. The Morgan fingerprint density at radius 2 is 2.05 bits per heavy atom. The third kappa shape index (κ3) is 3.70. The topological polar surface area (TPSA) is 51.7 Å². The van der Waals surface area contributed by atoms with E-state index in [4.69, 9.17) is 9.47 Å². The van der Waals surface area contributed by atoms with Crippen molar-refractivity contribution in [3.63, 3.8) is 0 Å². The number of rotatable bonds is 4. The van der Waals surface area contributed by atoms with Crippen molar-refractivity contribution in [1.29, 1.82) is 0 Å². The molecule has 1 aliphatic heterocycles. The molecule has 0 saturated carbocycles. The highest BCUT2D eigenvalue weighted by atomic mass is 16.5. The SMILES string of the molecule is COC(=O)C1CCN(Cc2cc(OC)cc(C)n2)CC1. The van der Waals surface area contributed by atoms with E-state index in [0.29, 0.717) is 0 Å². The van der Waals surface area contributed by atoms with Crippen LogP contribution in [0.1, 0.15) is 24.2 Å². The fraction of sp³-hybridized carbons (Fsp3) is 0.600. The number of ether oxygens (including phenoxy) is 2. The molecule has 20 heavy (non-hydrogen) atoms. The van der Waals surface area contributed by atoms with Crippen LogP contribution in [0.3, 0.4) is 0 Å². The number of hydrogen-bond acceptors (Lipinski definition) is 5. The molecule has 0 aromatic carbocycles. The number of aromatic nitrogens is 1. The molecule has 0 radical (unpaired) electrons. The van der Waals surface area contributed by atoms with Crippen LogP contribution >= 0.6 is 0 Å². The van der Waals surface area contributed by atoms with Gasteiger partial charge in [0.05, 0.1) is 25.8 Å². The number of methoxy groups -OCH3 is 2. The minimum absolute atomic E-state index is 0.0521. The lowest BCUT2D eigenvalue weighted by Gasteiger charge is -2.30. The first kappa shape index (κ1) is 14.8. The summed E-state index contributed by atoms with van der Waals surface area (Å²) in [5.74, 6) is 0.813. The molecule has 2 rings (SSSR count). The van der Waals surface area contributed by atoms with Gasteiger partial charge in [-0.25, -0.2) is 0 Å². The van der Waals surface area contributed by atoms with Crippen LogP contribution in [0, 0.1) is 12.8 Å². The van der Waals surface area contributed by atoms with E-state index >= 15 is 0 Å². The zero-order valence-electron chi connectivity index (χ0n) is 12.4. The highest BCUT2D eigenvalue weighted by Gasteiger charge is 2.25. The second-order valence-electron chi connectivity index (χ2n) is 5.21. The molecule has 1 aromatic heterocycles. The molecule has 0 spiro atoms. The van der Waals surface area contributed by atoms with E-state index in [-0.39, 0.29) is 11.9 Å². The number of carbonyl (C=O) groups is 1. The minimum atomic E-state index is -0.0833. The Morgan fingerprint density at radius 1 is 1.35 bits per heavy atom. The monoisotopic (exact) mass is 278 g/mol. The molecule has 5 nitrogen and oxygen atoms in total. The number of likely N-dealkylation sites (tertiary alicyclic amines) is 1. The zero-order valence-corrected chi connectivity index (χ0v) is 12.4. The van der Waals surface area contributed by atoms with E-state index < -0.39 is 0 Å². The standard InChI is InChI=1S/C15H22N2O3/c1-11-8-14(19-2)9-13(16-11)10-17-6-4-12(5-7-17)15(18)20-3/h8-9,12H,4-7,10H2,1-3H3. The molecule has 1 saturated heterocycles. The van der Waals surface area contributed by atoms with E-state index in [1.807, 2.05) is 19.1 Å². The third-order valence-electron chi connectivity index (χ3n) is 3.72. The van der Waals surface area contributed by atoms with E-state index in [1.165, 1.54) is 7.11 Å².